The fraction of sp³-hybridized carbons (Fsp3) is 0.263. The van der Waals surface area contributed by atoms with Crippen LogP contribution in [0.15, 0.2) is 42.6 Å². The number of carbonyl (C=O) groups is 3. The SMILES string of the molecule is CC(C)(CNC(=O)C(=O)Nc1cccc(F)c1)CNC(=O)c1ccc(N)nc1. The number of hydrogen-bond donors (Lipinski definition) is 4. The number of nitrogens with two attached hydrogens (primary N) is 1. The summed E-state index contributed by atoms with van der Waals surface area (Å²) in [6, 6.07) is 8.31. The van der Waals surface area contributed by atoms with Gasteiger partial charge in [-0.3, -0.25) is 14.4 Å². The van der Waals surface area contributed by atoms with Crippen molar-refractivity contribution >= 4 is 29.2 Å². The molecule has 0 aliphatic heterocycles. The standard InChI is InChI=1S/C19H22FN5O3/c1-19(2,10-23-16(26)12-6-7-15(21)22-9-12)11-24-17(27)18(28)25-14-5-3-4-13(20)8-14/h3-9H,10-11H2,1-2H3,(H2,21,22)(H,23,26)(H,24,27)(H,25,28). The van der Waals surface area contributed by atoms with Crippen LogP contribution in [0.3, 0.4) is 0 Å². The molecule has 0 bridgehead atoms. The number of anilines is 2. The van der Waals surface area contributed by atoms with Gasteiger partial charge in [0.2, 0.25) is 0 Å². The molecule has 0 atom stereocenters. The van der Waals surface area contributed by atoms with Crippen LogP contribution in [0.5, 0.6) is 0 Å². The molecule has 3 amide bonds. The van der Waals surface area contributed by atoms with Crippen molar-refractivity contribution in [3.8, 4) is 0 Å². The molecule has 28 heavy (non-hydrogen) atoms. The maximum Gasteiger partial charge on any atom is 0.313 e. The third kappa shape index (κ3) is 6.35. The van der Waals surface area contributed by atoms with Crippen molar-refractivity contribution in [2.24, 2.45) is 5.41 Å². The van der Waals surface area contributed by atoms with Gasteiger partial charge in [0.25, 0.3) is 5.91 Å². The minimum atomic E-state index is -0.904. The number of pyridine rings is 1. The first-order chi connectivity index (χ1) is 13.2. The number of carbonyl (C=O) groups excluding carboxylic acids is 3. The van der Waals surface area contributed by atoms with Gasteiger partial charge in [-0.25, -0.2) is 9.37 Å². The van der Waals surface area contributed by atoms with E-state index < -0.39 is 23.0 Å². The summed E-state index contributed by atoms with van der Waals surface area (Å²) in [5, 5.41) is 7.57. The third-order valence-electron chi connectivity index (χ3n) is 3.79. The molecule has 0 saturated heterocycles. The van der Waals surface area contributed by atoms with Gasteiger partial charge in [0.05, 0.1) is 5.56 Å². The second kappa shape index (κ2) is 8.94. The number of aromatic nitrogens is 1. The van der Waals surface area contributed by atoms with E-state index in [0.29, 0.717) is 11.4 Å². The normalized spacial score (nSPS) is 10.8. The summed E-state index contributed by atoms with van der Waals surface area (Å²) in [4.78, 5) is 39.8. The van der Waals surface area contributed by atoms with Crippen molar-refractivity contribution in [1.82, 2.24) is 15.6 Å². The molecule has 2 aromatic rings. The topological polar surface area (TPSA) is 126 Å². The van der Waals surface area contributed by atoms with Gasteiger partial charge in [0.15, 0.2) is 0 Å². The Balaban J connectivity index is 1.81. The van der Waals surface area contributed by atoms with Crippen LogP contribution < -0.4 is 21.7 Å². The summed E-state index contributed by atoms with van der Waals surface area (Å²) in [7, 11) is 0. The summed E-state index contributed by atoms with van der Waals surface area (Å²) in [5.74, 6) is -2.29. The average Bonchev–Trinajstić information content (AvgIpc) is 2.65. The molecule has 2 rings (SSSR count). The molecule has 1 aromatic carbocycles. The number of nitrogens with one attached hydrogen (secondary N) is 3. The molecule has 9 heteroatoms. The van der Waals surface area contributed by atoms with Crippen molar-refractivity contribution in [1.29, 1.82) is 0 Å². The highest BCUT2D eigenvalue weighted by Crippen LogP contribution is 2.13. The number of amides is 3. The van der Waals surface area contributed by atoms with Crippen LogP contribution in [0.2, 0.25) is 0 Å². The largest absolute Gasteiger partial charge is 0.384 e. The Labute approximate surface area is 161 Å². The van der Waals surface area contributed by atoms with Gasteiger partial charge in [-0.15, -0.1) is 0 Å². The van der Waals surface area contributed by atoms with Crippen LogP contribution in [0, 0.1) is 11.2 Å². The molecule has 148 valence electrons. The zero-order valence-electron chi connectivity index (χ0n) is 15.6. The summed E-state index contributed by atoms with van der Waals surface area (Å²) in [5.41, 5.74) is 5.51. The molecule has 1 heterocycles. The van der Waals surface area contributed by atoms with Crippen molar-refractivity contribution < 1.29 is 18.8 Å². The number of nitrogen functional groups attached to an aromatic ring is 1. The minimum absolute atomic E-state index is 0.142. The molecule has 8 nitrogen and oxygen atoms in total. The summed E-state index contributed by atoms with van der Waals surface area (Å²) < 4.78 is 13.1. The van der Waals surface area contributed by atoms with E-state index in [2.05, 4.69) is 20.9 Å². The highest BCUT2D eigenvalue weighted by atomic mass is 19.1. The van der Waals surface area contributed by atoms with Crippen molar-refractivity contribution in [3.63, 3.8) is 0 Å². The van der Waals surface area contributed by atoms with Crippen LogP contribution in [0.4, 0.5) is 15.9 Å². The van der Waals surface area contributed by atoms with E-state index in [-0.39, 0.29) is 24.7 Å². The lowest BCUT2D eigenvalue weighted by Gasteiger charge is -2.25. The molecule has 0 unspecified atom stereocenters. The van der Waals surface area contributed by atoms with Gasteiger partial charge < -0.3 is 21.7 Å². The lowest BCUT2D eigenvalue weighted by atomic mass is 9.93. The maximum absolute atomic E-state index is 13.1. The van der Waals surface area contributed by atoms with Gasteiger partial charge >= 0.3 is 11.8 Å². The smallest absolute Gasteiger partial charge is 0.313 e. The number of nitrogens with zero attached hydrogens (tertiary/aromatic N) is 1. The molecule has 5 N–H and O–H groups in total. The van der Waals surface area contributed by atoms with Gasteiger partial charge in [0.1, 0.15) is 11.6 Å². The van der Waals surface area contributed by atoms with E-state index in [0.717, 1.165) is 6.07 Å². The Morgan fingerprint density at radius 1 is 1.07 bits per heavy atom. The van der Waals surface area contributed by atoms with E-state index in [4.69, 9.17) is 5.73 Å². The third-order valence-corrected chi connectivity index (χ3v) is 3.79. The summed E-state index contributed by atoms with van der Waals surface area (Å²) >= 11 is 0. The maximum atomic E-state index is 13.1. The molecular weight excluding hydrogens is 365 g/mol. The predicted molar refractivity (Wildman–Crippen MR) is 103 cm³/mol. The predicted octanol–water partition coefficient (Wildman–Crippen LogP) is 1.31. The Hall–Kier alpha value is -3.49. The van der Waals surface area contributed by atoms with Gasteiger partial charge in [-0.1, -0.05) is 19.9 Å². The number of rotatable bonds is 6. The Kier molecular flexibility index (Phi) is 6.64. The minimum Gasteiger partial charge on any atom is -0.384 e. The average molecular weight is 387 g/mol. The highest BCUT2D eigenvalue weighted by Gasteiger charge is 2.22. The summed E-state index contributed by atoms with van der Waals surface area (Å²) in [6.45, 7) is 4.03. The van der Waals surface area contributed by atoms with Crippen molar-refractivity contribution in [2.75, 3.05) is 24.1 Å². The number of hydrogen-bond acceptors (Lipinski definition) is 5. The highest BCUT2D eigenvalue weighted by molar-refractivity contribution is 6.39. The molecular formula is C19H22FN5O3. The van der Waals surface area contributed by atoms with E-state index in [9.17, 15) is 18.8 Å². The molecule has 0 spiro atoms. The first-order valence-electron chi connectivity index (χ1n) is 8.51. The monoisotopic (exact) mass is 387 g/mol. The summed E-state index contributed by atoms with van der Waals surface area (Å²) in [6.07, 6.45) is 1.37. The van der Waals surface area contributed by atoms with E-state index in [1.165, 1.54) is 30.5 Å². The molecule has 0 saturated carbocycles. The molecule has 0 radical (unpaired) electrons. The van der Waals surface area contributed by atoms with Gasteiger partial charge in [-0.05, 0) is 35.7 Å². The Bertz CT molecular complexity index is 868. The molecule has 0 aliphatic rings. The lowest BCUT2D eigenvalue weighted by Crippen LogP contribution is -2.45. The fourth-order valence-corrected chi connectivity index (χ4v) is 2.18. The molecule has 1 aromatic heterocycles. The van der Waals surface area contributed by atoms with Crippen LogP contribution in [-0.2, 0) is 9.59 Å². The van der Waals surface area contributed by atoms with Crippen molar-refractivity contribution in [2.45, 2.75) is 13.8 Å². The second-order valence-corrected chi connectivity index (χ2v) is 6.97. The van der Waals surface area contributed by atoms with E-state index in [1.54, 1.807) is 6.07 Å². The van der Waals surface area contributed by atoms with Crippen LogP contribution >= 0.6 is 0 Å². The molecule has 0 aliphatic carbocycles. The second-order valence-electron chi connectivity index (χ2n) is 6.97. The van der Waals surface area contributed by atoms with Gasteiger partial charge in [-0.2, -0.15) is 0 Å². The van der Waals surface area contributed by atoms with Gasteiger partial charge in [0, 0.05) is 25.0 Å². The number of halogens is 1. The van der Waals surface area contributed by atoms with Crippen LogP contribution in [0.1, 0.15) is 24.2 Å². The van der Waals surface area contributed by atoms with Crippen LogP contribution in [0.25, 0.3) is 0 Å². The lowest BCUT2D eigenvalue weighted by molar-refractivity contribution is -0.136. The van der Waals surface area contributed by atoms with E-state index >= 15 is 0 Å². The zero-order chi connectivity index (χ0) is 20.7. The molecule has 0 fully saturated rings. The first kappa shape index (κ1) is 20.8. The zero-order valence-corrected chi connectivity index (χ0v) is 15.6. The fourth-order valence-electron chi connectivity index (χ4n) is 2.18. The van der Waals surface area contributed by atoms with Crippen LogP contribution in [-0.4, -0.2) is 35.8 Å². The number of benzene rings is 1. The first-order valence-corrected chi connectivity index (χ1v) is 8.51. The Morgan fingerprint density at radius 3 is 2.43 bits per heavy atom. The van der Waals surface area contributed by atoms with E-state index in [1.807, 2.05) is 13.8 Å². The quantitative estimate of drug-likeness (QED) is 0.556. The Morgan fingerprint density at radius 2 is 1.79 bits per heavy atom. The van der Waals surface area contributed by atoms with Crippen molar-refractivity contribution in [3.05, 3.63) is 54.0 Å².